The Labute approximate surface area is 101 Å². The number of rotatable bonds is 7. The maximum absolute atomic E-state index is 5.60. The van der Waals surface area contributed by atoms with Crippen LogP contribution in [-0.2, 0) is 4.74 Å². The van der Waals surface area contributed by atoms with E-state index < -0.39 is 0 Å². The van der Waals surface area contributed by atoms with Gasteiger partial charge in [-0.25, -0.2) is 0 Å². The minimum absolute atomic E-state index is 0.347. The van der Waals surface area contributed by atoms with Crippen LogP contribution >= 0.6 is 0 Å². The summed E-state index contributed by atoms with van der Waals surface area (Å²) in [5.41, 5.74) is 0.347. The lowest BCUT2D eigenvalue weighted by atomic mass is 9.86. The van der Waals surface area contributed by atoms with E-state index in [-0.39, 0.29) is 0 Å². The standard InChI is InChI=1S/C13H28N2O/c1-5-15(8-12(2)3)10-13(9-14-4)6-7-16-11-13/h12,14H,5-11H2,1-4H3. The first-order chi connectivity index (χ1) is 7.62. The zero-order valence-electron chi connectivity index (χ0n) is 11.4. The zero-order chi connectivity index (χ0) is 12.0. The summed E-state index contributed by atoms with van der Waals surface area (Å²) in [4.78, 5) is 2.57. The van der Waals surface area contributed by atoms with Crippen molar-refractivity contribution in [2.45, 2.75) is 27.2 Å². The minimum atomic E-state index is 0.347. The Morgan fingerprint density at radius 2 is 2.19 bits per heavy atom. The van der Waals surface area contributed by atoms with Crippen LogP contribution in [0.4, 0.5) is 0 Å². The van der Waals surface area contributed by atoms with Crippen LogP contribution in [0, 0.1) is 11.3 Å². The molecule has 1 aliphatic heterocycles. The molecular formula is C13H28N2O. The monoisotopic (exact) mass is 228 g/mol. The highest BCUT2D eigenvalue weighted by Gasteiger charge is 2.35. The molecule has 0 radical (unpaired) electrons. The maximum atomic E-state index is 5.60. The van der Waals surface area contributed by atoms with Crippen molar-refractivity contribution in [3.8, 4) is 0 Å². The van der Waals surface area contributed by atoms with E-state index in [4.69, 9.17) is 4.74 Å². The van der Waals surface area contributed by atoms with E-state index in [9.17, 15) is 0 Å². The molecule has 96 valence electrons. The lowest BCUT2D eigenvalue weighted by Crippen LogP contribution is -2.45. The normalized spacial score (nSPS) is 25.9. The van der Waals surface area contributed by atoms with Crippen LogP contribution in [0.5, 0.6) is 0 Å². The van der Waals surface area contributed by atoms with E-state index in [0.29, 0.717) is 5.41 Å². The molecule has 1 fully saturated rings. The summed E-state index contributed by atoms with van der Waals surface area (Å²) in [6, 6.07) is 0. The van der Waals surface area contributed by atoms with Crippen LogP contribution in [0.3, 0.4) is 0 Å². The average Bonchev–Trinajstić information content (AvgIpc) is 2.65. The van der Waals surface area contributed by atoms with Crippen LogP contribution in [0.1, 0.15) is 27.2 Å². The van der Waals surface area contributed by atoms with Crippen LogP contribution in [0.15, 0.2) is 0 Å². The average molecular weight is 228 g/mol. The van der Waals surface area contributed by atoms with Gasteiger partial charge in [0.05, 0.1) is 6.61 Å². The van der Waals surface area contributed by atoms with Crippen molar-refractivity contribution in [3.63, 3.8) is 0 Å². The molecule has 1 N–H and O–H groups in total. The van der Waals surface area contributed by atoms with Gasteiger partial charge in [0.1, 0.15) is 0 Å². The van der Waals surface area contributed by atoms with Gasteiger partial charge in [-0.3, -0.25) is 0 Å². The molecular weight excluding hydrogens is 200 g/mol. The van der Waals surface area contributed by atoms with Gasteiger partial charge >= 0.3 is 0 Å². The van der Waals surface area contributed by atoms with Crippen LogP contribution in [0.2, 0.25) is 0 Å². The second-order valence-electron chi connectivity index (χ2n) is 5.55. The van der Waals surface area contributed by atoms with E-state index in [2.05, 4.69) is 31.0 Å². The smallest absolute Gasteiger partial charge is 0.0547 e. The van der Waals surface area contributed by atoms with Gasteiger partial charge in [-0.1, -0.05) is 20.8 Å². The Balaban J connectivity index is 2.51. The van der Waals surface area contributed by atoms with Gasteiger partial charge in [-0.15, -0.1) is 0 Å². The van der Waals surface area contributed by atoms with Gasteiger partial charge in [0.2, 0.25) is 0 Å². The highest BCUT2D eigenvalue weighted by molar-refractivity contribution is 4.88. The van der Waals surface area contributed by atoms with Gasteiger partial charge in [0, 0.05) is 31.7 Å². The fourth-order valence-corrected chi connectivity index (χ4v) is 2.64. The molecule has 0 aromatic carbocycles. The van der Waals surface area contributed by atoms with Crippen molar-refractivity contribution in [2.75, 3.05) is 46.4 Å². The van der Waals surface area contributed by atoms with E-state index in [1.54, 1.807) is 0 Å². The molecule has 0 aromatic heterocycles. The molecule has 3 heteroatoms. The van der Waals surface area contributed by atoms with E-state index in [0.717, 1.165) is 32.2 Å². The third kappa shape index (κ3) is 4.04. The fraction of sp³-hybridized carbons (Fsp3) is 1.00. The summed E-state index contributed by atoms with van der Waals surface area (Å²) in [6.07, 6.45) is 1.20. The molecule has 0 aromatic rings. The SMILES string of the molecule is CCN(CC(C)C)CC1(CNC)CCOC1. The molecule has 1 heterocycles. The summed E-state index contributed by atoms with van der Waals surface area (Å²) in [7, 11) is 2.04. The van der Waals surface area contributed by atoms with Crippen LogP contribution < -0.4 is 5.32 Å². The molecule has 0 bridgehead atoms. The zero-order valence-corrected chi connectivity index (χ0v) is 11.4. The number of nitrogens with zero attached hydrogens (tertiary/aromatic N) is 1. The lowest BCUT2D eigenvalue weighted by Gasteiger charge is -2.34. The van der Waals surface area contributed by atoms with E-state index >= 15 is 0 Å². The Morgan fingerprint density at radius 1 is 1.44 bits per heavy atom. The molecule has 1 aliphatic rings. The summed E-state index contributed by atoms with van der Waals surface area (Å²) in [5.74, 6) is 0.744. The molecule has 0 aliphatic carbocycles. The first-order valence-corrected chi connectivity index (χ1v) is 6.56. The van der Waals surface area contributed by atoms with Crippen LogP contribution in [-0.4, -0.2) is 51.3 Å². The quantitative estimate of drug-likeness (QED) is 0.716. The molecule has 1 saturated heterocycles. The van der Waals surface area contributed by atoms with Crippen molar-refractivity contribution in [1.82, 2.24) is 10.2 Å². The topological polar surface area (TPSA) is 24.5 Å². The molecule has 3 nitrogen and oxygen atoms in total. The number of hydrogen-bond acceptors (Lipinski definition) is 3. The third-order valence-electron chi connectivity index (χ3n) is 3.37. The Hall–Kier alpha value is -0.120. The van der Waals surface area contributed by atoms with Gasteiger partial charge < -0.3 is 15.0 Å². The molecule has 1 unspecified atom stereocenters. The van der Waals surface area contributed by atoms with Gasteiger partial charge in [-0.05, 0) is 25.9 Å². The first-order valence-electron chi connectivity index (χ1n) is 6.56. The fourth-order valence-electron chi connectivity index (χ4n) is 2.64. The van der Waals surface area contributed by atoms with Crippen molar-refractivity contribution in [3.05, 3.63) is 0 Å². The highest BCUT2D eigenvalue weighted by atomic mass is 16.5. The van der Waals surface area contributed by atoms with Crippen LogP contribution in [0.25, 0.3) is 0 Å². The van der Waals surface area contributed by atoms with Crippen molar-refractivity contribution in [1.29, 1.82) is 0 Å². The highest BCUT2D eigenvalue weighted by Crippen LogP contribution is 2.29. The van der Waals surface area contributed by atoms with Gasteiger partial charge in [0.15, 0.2) is 0 Å². The van der Waals surface area contributed by atoms with Gasteiger partial charge in [0.25, 0.3) is 0 Å². The Morgan fingerprint density at radius 3 is 2.62 bits per heavy atom. The molecule has 16 heavy (non-hydrogen) atoms. The molecule has 0 amide bonds. The summed E-state index contributed by atoms with van der Waals surface area (Å²) < 4.78 is 5.60. The van der Waals surface area contributed by atoms with Crippen molar-refractivity contribution >= 4 is 0 Å². The summed E-state index contributed by atoms with van der Waals surface area (Å²) in [5, 5.41) is 3.33. The first kappa shape index (κ1) is 13.9. The number of ether oxygens (including phenoxy) is 1. The molecule has 1 atom stereocenters. The van der Waals surface area contributed by atoms with E-state index in [1.807, 2.05) is 7.05 Å². The van der Waals surface area contributed by atoms with Crippen molar-refractivity contribution in [2.24, 2.45) is 11.3 Å². The predicted molar refractivity (Wildman–Crippen MR) is 68.7 cm³/mol. The number of nitrogens with one attached hydrogen (secondary N) is 1. The second kappa shape index (κ2) is 6.58. The summed E-state index contributed by atoms with van der Waals surface area (Å²) >= 11 is 0. The molecule has 1 rings (SSSR count). The largest absolute Gasteiger partial charge is 0.381 e. The Kier molecular flexibility index (Phi) is 5.73. The third-order valence-corrected chi connectivity index (χ3v) is 3.37. The molecule has 0 saturated carbocycles. The van der Waals surface area contributed by atoms with Gasteiger partial charge in [-0.2, -0.15) is 0 Å². The van der Waals surface area contributed by atoms with E-state index in [1.165, 1.54) is 19.5 Å². The molecule has 0 spiro atoms. The second-order valence-corrected chi connectivity index (χ2v) is 5.55. The summed E-state index contributed by atoms with van der Waals surface area (Å²) in [6.45, 7) is 13.3. The van der Waals surface area contributed by atoms with Crippen molar-refractivity contribution < 1.29 is 4.74 Å². The minimum Gasteiger partial charge on any atom is -0.381 e. The number of hydrogen-bond donors (Lipinski definition) is 1. The Bertz CT molecular complexity index is 188. The lowest BCUT2D eigenvalue weighted by molar-refractivity contribution is 0.106. The maximum Gasteiger partial charge on any atom is 0.0547 e. The predicted octanol–water partition coefficient (Wildman–Crippen LogP) is 1.59.